The van der Waals surface area contributed by atoms with Crippen LogP contribution >= 0.6 is 0 Å². The fraction of sp³-hybridized carbons (Fsp3) is 0.241. The van der Waals surface area contributed by atoms with Gasteiger partial charge in [-0.1, -0.05) is 48.0 Å². The van der Waals surface area contributed by atoms with E-state index in [-0.39, 0.29) is 17.9 Å². The molecule has 0 bridgehead atoms. The highest BCUT2D eigenvalue weighted by molar-refractivity contribution is 6.46. The van der Waals surface area contributed by atoms with Gasteiger partial charge in [0.15, 0.2) is 11.5 Å². The molecular formula is C29H29NO6. The predicted molar refractivity (Wildman–Crippen MR) is 136 cm³/mol. The van der Waals surface area contributed by atoms with Crippen molar-refractivity contribution in [2.45, 2.75) is 19.4 Å². The van der Waals surface area contributed by atoms with Crippen molar-refractivity contribution in [2.24, 2.45) is 0 Å². The van der Waals surface area contributed by atoms with Gasteiger partial charge >= 0.3 is 0 Å². The van der Waals surface area contributed by atoms with Crippen molar-refractivity contribution in [3.8, 4) is 17.2 Å². The van der Waals surface area contributed by atoms with Gasteiger partial charge in [-0.3, -0.25) is 9.59 Å². The Bertz CT molecular complexity index is 1290. The average Bonchev–Trinajstić information content (AvgIpc) is 3.16. The van der Waals surface area contributed by atoms with Crippen LogP contribution < -0.4 is 14.2 Å². The molecule has 0 aliphatic carbocycles. The zero-order valence-electron chi connectivity index (χ0n) is 20.8. The Morgan fingerprint density at radius 2 is 1.53 bits per heavy atom. The molecule has 0 spiro atoms. The summed E-state index contributed by atoms with van der Waals surface area (Å²) in [7, 11) is 4.70. The number of aryl methyl sites for hydroxylation is 1. The molecule has 4 rings (SSSR count). The van der Waals surface area contributed by atoms with Crippen molar-refractivity contribution in [1.29, 1.82) is 0 Å². The maximum atomic E-state index is 13.2. The summed E-state index contributed by atoms with van der Waals surface area (Å²) in [4.78, 5) is 28.0. The molecule has 1 aliphatic rings. The van der Waals surface area contributed by atoms with Crippen molar-refractivity contribution in [3.05, 3.63) is 94.6 Å². The first-order valence-corrected chi connectivity index (χ1v) is 11.6. The zero-order valence-corrected chi connectivity index (χ0v) is 20.8. The highest BCUT2D eigenvalue weighted by atomic mass is 16.5. The molecule has 1 aliphatic heterocycles. The molecule has 0 aromatic heterocycles. The number of benzene rings is 3. The Balaban J connectivity index is 1.74. The van der Waals surface area contributed by atoms with Gasteiger partial charge in [-0.2, -0.15) is 0 Å². The molecule has 36 heavy (non-hydrogen) atoms. The van der Waals surface area contributed by atoms with Gasteiger partial charge in [0.1, 0.15) is 11.5 Å². The van der Waals surface area contributed by atoms with E-state index in [1.165, 1.54) is 4.90 Å². The van der Waals surface area contributed by atoms with E-state index >= 15 is 0 Å². The lowest BCUT2D eigenvalue weighted by molar-refractivity contribution is -0.139. The molecule has 7 heteroatoms. The smallest absolute Gasteiger partial charge is 0.295 e. The van der Waals surface area contributed by atoms with Crippen molar-refractivity contribution in [3.63, 3.8) is 0 Å². The number of nitrogens with zero attached hydrogens (tertiary/aromatic N) is 1. The third-order valence-electron chi connectivity index (χ3n) is 6.39. The maximum absolute atomic E-state index is 13.2. The number of Topliss-reactive ketones (excluding diaryl/α,β-unsaturated/α-hetero) is 1. The monoisotopic (exact) mass is 487 g/mol. The number of methoxy groups -OCH3 is 3. The van der Waals surface area contributed by atoms with Crippen molar-refractivity contribution >= 4 is 17.4 Å². The summed E-state index contributed by atoms with van der Waals surface area (Å²) in [5, 5.41) is 11.2. The molecular weight excluding hydrogens is 458 g/mol. The van der Waals surface area contributed by atoms with Crippen LogP contribution in [0.4, 0.5) is 0 Å². The van der Waals surface area contributed by atoms with Crippen molar-refractivity contribution in [2.75, 3.05) is 27.9 Å². The fourth-order valence-electron chi connectivity index (χ4n) is 4.40. The zero-order chi connectivity index (χ0) is 25.8. The summed E-state index contributed by atoms with van der Waals surface area (Å²) in [5.41, 5.74) is 3.20. The third kappa shape index (κ3) is 4.77. The van der Waals surface area contributed by atoms with Crippen LogP contribution in [-0.4, -0.2) is 49.6 Å². The van der Waals surface area contributed by atoms with E-state index < -0.39 is 17.7 Å². The van der Waals surface area contributed by atoms with Crippen molar-refractivity contribution < 1.29 is 28.9 Å². The Morgan fingerprint density at radius 3 is 2.14 bits per heavy atom. The summed E-state index contributed by atoms with van der Waals surface area (Å²) in [6.07, 6.45) is 0.477. The number of ketones is 1. The normalized spacial score (nSPS) is 16.8. The first kappa shape index (κ1) is 24.9. The van der Waals surface area contributed by atoms with Gasteiger partial charge in [-0.05, 0) is 48.7 Å². The predicted octanol–water partition coefficient (Wildman–Crippen LogP) is 4.69. The highest BCUT2D eigenvalue weighted by Gasteiger charge is 2.45. The van der Waals surface area contributed by atoms with Crippen LogP contribution in [0.5, 0.6) is 17.2 Å². The Kier molecular flexibility index (Phi) is 7.29. The van der Waals surface area contributed by atoms with Gasteiger partial charge in [-0.25, -0.2) is 0 Å². The standard InChI is InChI=1S/C29H29NO6/c1-18-5-8-21(9-6-18)27(31)25-26(20-10-12-22(34-2)13-11-20)30(29(33)28(25)32)16-15-19-7-14-23(35-3)24(17-19)36-4/h5-14,17,26,31H,15-16H2,1-4H3. The molecule has 1 unspecified atom stereocenters. The van der Waals surface area contributed by atoms with E-state index in [0.29, 0.717) is 34.8 Å². The molecule has 1 amide bonds. The fourth-order valence-corrected chi connectivity index (χ4v) is 4.40. The minimum absolute atomic E-state index is 0.0707. The molecule has 1 heterocycles. The van der Waals surface area contributed by atoms with Crippen LogP contribution in [0.25, 0.3) is 5.76 Å². The second-order valence-corrected chi connectivity index (χ2v) is 8.57. The molecule has 1 saturated heterocycles. The molecule has 0 saturated carbocycles. The number of hydrogen-bond acceptors (Lipinski definition) is 6. The molecule has 1 atom stereocenters. The molecule has 7 nitrogen and oxygen atoms in total. The van der Waals surface area contributed by atoms with Crippen LogP contribution in [0.15, 0.2) is 72.3 Å². The molecule has 1 fully saturated rings. The van der Waals surface area contributed by atoms with Gasteiger partial charge < -0.3 is 24.2 Å². The number of aliphatic hydroxyl groups excluding tert-OH is 1. The third-order valence-corrected chi connectivity index (χ3v) is 6.39. The minimum Gasteiger partial charge on any atom is -0.507 e. The SMILES string of the molecule is COc1ccc(C2C(=C(O)c3ccc(C)cc3)C(=O)C(=O)N2CCc2ccc(OC)c(OC)c2)cc1. The van der Waals surface area contributed by atoms with Crippen LogP contribution in [0.1, 0.15) is 28.3 Å². The lowest BCUT2D eigenvalue weighted by Crippen LogP contribution is -2.31. The van der Waals surface area contributed by atoms with E-state index in [4.69, 9.17) is 14.2 Å². The molecule has 1 N–H and O–H groups in total. The van der Waals surface area contributed by atoms with Gasteiger partial charge in [0.2, 0.25) is 0 Å². The number of hydrogen-bond donors (Lipinski definition) is 1. The summed E-state index contributed by atoms with van der Waals surface area (Å²) in [6.45, 7) is 2.20. The Morgan fingerprint density at radius 1 is 0.861 bits per heavy atom. The second kappa shape index (κ2) is 10.6. The van der Waals surface area contributed by atoms with Crippen LogP contribution in [0.3, 0.4) is 0 Å². The molecule has 3 aromatic carbocycles. The van der Waals surface area contributed by atoms with Crippen molar-refractivity contribution in [1.82, 2.24) is 4.90 Å². The number of rotatable bonds is 8. The Hall–Kier alpha value is -4.26. The van der Waals surface area contributed by atoms with E-state index in [1.807, 2.05) is 31.2 Å². The van der Waals surface area contributed by atoms with Crippen LogP contribution in [-0.2, 0) is 16.0 Å². The first-order chi connectivity index (χ1) is 17.4. The highest BCUT2D eigenvalue weighted by Crippen LogP contribution is 2.40. The minimum atomic E-state index is -0.739. The van der Waals surface area contributed by atoms with Gasteiger partial charge in [-0.15, -0.1) is 0 Å². The van der Waals surface area contributed by atoms with E-state index in [0.717, 1.165) is 11.1 Å². The first-order valence-electron chi connectivity index (χ1n) is 11.6. The molecule has 0 radical (unpaired) electrons. The van der Waals surface area contributed by atoms with E-state index in [1.54, 1.807) is 63.8 Å². The maximum Gasteiger partial charge on any atom is 0.295 e. The number of ether oxygens (including phenoxy) is 3. The second-order valence-electron chi connectivity index (χ2n) is 8.57. The molecule has 3 aromatic rings. The number of likely N-dealkylation sites (tertiary alicyclic amines) is 1. The topological polar surface area (TPSA) is 85.3 Å². The van der Waals surface area contributed by atoms with E-state index in [9.17, 15) is 14.7 Å². The van der Waals surface area contributed by atoms with Crippen LogP contribution in [0.2, 0.25) is 0 Å². The Labute approximate surface area is 210 Å². The lowest BCUT2D eigenvalue weighted by atomic mass is 9.95. The molecule has 186 valence electrons. The van der Waals surface area contributed by atoms with Crippen LogP contribution in [0, 0.1) is 6.92 Å². The van der Waals surface area contributed by atoms with E-state index in [2.05, 4.69) is 0 Å². The average molecular weight is 488 g/mol. The largest absolute Gasteiger partial charge is 0.507 e. The summed E-state index contributed by atoms with van der Waals surface area (Å²) in [5.74, 6) is 0.301. The number of amides is 1. The summed E-state index contributed by atoms with van der Waals surface area (Å²) < 4.78 is 16.0. The number of aliphatic hydroxyl groups is 1. The summed E-state index contributed by atoms with van der Waals surface area (Å²) >= 11 is 0. The quantitative estimate of drug-likeness (QED) is 0.282. The van der Waals surface area contributed by atoms with Gasteiger partial charge in [0.05, 0.1) is 32.9 Å². The summed E-state index contributed by atoms with van der Waals surface area (Å²) in [6, 6.07) is 19.2. The number of carbonyl (C=O) groups excluding carboxylic acids is 2. The lowest BCUT2D eigenvalue weighted by Gasteiger charge is -2.25. The van der Waals surface area contributed by atoms with Gasteiger partial charge in [0.25, 0.3) is 11.7 Å². The van der Waals surface area contributed by atoms with Gasteiger partial charge in [0, 0.05) is 12.1 Å². The number of carbonyl (C=O) groups is 2.